The van der Waals surface area contributed by atoms with E-state index in [4.69, 9.17) is 16.0 Å². The van der Waals surface area contributed by atoms with E-state index in [2.05, 4.69) is 15.5 Å². The molecule has 10 heteroatoms. The van der Waals surface area contributed by atoms with Crippen molar-refractivity contribution < 1.29 is 17.6 Å². The summed E-state index contributed by atoms with van der Waals surface area (Å²) in [6, 6.07) is 11.7. The van der Waals surface area contributed by atoms with Gasteiger partial charge in [0.15, 0.2) is 9.84 Å². The molecule has 0 aliphatic carbocycles. The molecule has 0 saturated heterocycles. The van der Waals surface area contributed by atoms with Crippen molar-refractivity contribution in [1.82, 2.24) is 10.2 Å². The number of aromatic nitrogens is 2. The van der Waals surface area contributed by atoms with Crippen LogP contribution in [0.4, 0.5) is 5.69 Å². The van der Waals surface area contributed by atoms with E-state index in [0.717, 1.165) is 29.1 Å². The first kappa shape index (κ1) is 20.4. The average Bonchev–Trinajstić information content (AvgIpc) is 3.10. The van der Waals surface area contributed by atoms with Gasteiger partial charge in [0.05, 0.1) is 21.4 Å². The van der Waals surface area contributed by atoms with Gasteiger partial charge in [-0.2, -0.15) is 0 Å². The van der Waals surface area contributed by atoms with Crippen LogP contribution in [0.2, 0.25) is 5.02 Å². The number of nitrogens with zero attached hydrogens (tertiary/aromatic N) is 2. The number of benzene rings is 2. The van der Waals surface area contributed by atoms with E-state index in [-0.39, 0.29) is 32.5 Å². The fraction of sp³-hybridized carbons (Fsp3) is 0.167. The summed E-state index contributed by atoms with van der Waals surface area (Å²) in [6.45, 7) is 1.94. The van der Waals surface area contributed by atoms with Gasteiger partial charge in [-0.05, 0) is 36.8 Å². The molecule has 7 nitrogen and oxygen atoms in total. The van der Waals surface area contributed by atoms with Gasteiger partial charge in [0.2, 0.25) is 11.8 Å². The van der Waals surface area contributed by atoms with Crippen LogP contribution >= 0.6 is 23.4 Å². The van der Waals surface area contributed by atoms with E-state index in [1.807, 2.05) is 31.2 Å². The molecule has 0 atom stereocenters. The minimum Gasteiger partial charge on any atom is -0.411 e. The lowest BCUT2D eigenvalue weighted by molar-refractivity contribution is -0.113. The number of halogens is 1. The van der Waals surface area contributed by atoms with Crippen LogP contribution in [0.5, 0.6) is 0 Å². The summed E-state index contributed by atoms with van der Waals surface area (Å²) in [7, 11) is -3.41. The highest BCUT2D eigenvalue weighted by atomic mass is 35.5. The molecule has 0 bridgehead atoms. The minimum atomic E-state index is -3.41. The SMILES string of the molecule is Cc1ccccc1-c1nnc(SCC(=O)Nc2cc(S(C)(=O)=O)ccc2Cl)o1. The van der Waals surface area contributed by atoms with E-state index >= 15 is 0 Å². The van der Waals surface area contributed by atoms with Crippen LogP contribution < -0.4 is 5.32 Å². The Labute approximate surface area is 171 Å². The second-order valence-electron chi connectivity index (χ2n) is 5.94. The Morgan fingerprint density at radius 2 is 1.96 bits per heavy atom. The Bertz CT molecular complexity index is 1130. The lowest BCUT2D eigenvalue weighted by Crippen LogP contribution is -2.14. The zero-order valence-electron chi connectivity index (χ0n) is 15.0. The highest BCUT2D eigenvalue weighted by Crippen LogP contribution is 2.27. The standard InChI is InChI=1S/C18H16ClN3O4S2/c1-11-5-3-4-6-13(11)17-21-22-18(26-17)27-10-16(23)20-15-9-12(28(2,24)25)7-8-14(15)19/h3-9H,10H2,1-2H3,(H,20,23). The van der Waals surface area contributed by atoms with Crippen LogP contribution in [-0.2, 0) is 14.6 Å². The van der Waals surface area contributed by atoms with Crippen molar-refractivity contribution in [3.8, 4) is 11.5 Å². The van der Waals surface area contributed by atoms with Crippen LogP contribution in [0, 0.1) is 6.92 Å². The second kappa shape index (κ2) is 8.34. The van der Waals surface area contributed by atoms with Crippen molar-refractivity contribution in [3.63, 3.8) is 0 Å². The van der Waals surface area contributed by atoms with E-state index in [1.54, 1.807) is 0 Å². The van der Waals surface area contributed by atoms with Gasteiger partial charge in [0.1, 0.15) is 0 Å². The molecule has 146 valence electrons. The molecule has 28 heavy (non-hydrogen) atoms. The number of hydrogen-bond donors (Lipinski definition) is 1. The van der Waals surface area contributed by atoms with Gasteiger partial charge < -0.3 is 9.73 Å². The second-order valence-corrected chi connectivity index (χ2v) is 9.29. The minimum absolute atomic E-state index is 0.00512. The lowest BCUT2D eigenvalue weighted by Gasteiger charge is -2.08. The van der Waals surface area contributed by atoms with Crippen LogP contribution in [0.25, 0.3) is 11.5 Å². The Balaban J connectivity index is 1.65. The molecule has 3 aromatic rings. The number of anilines is 1. The van der Waals surface area contributed by atoms with Gasteiger partial charge in [0, 0.05) is 11.8 Å². The molecule has 0 fully saturated rings. The number of sulfone groups is 1. The third-order valence-electron chi connectivity index (χ3n) is 3.75. The highest BCUT2D eigenvalue weighted by molar-refractivity contribution is 7.99. The number of carbonyl (C=O) groups excluding carboxylic acids is 1. The fourth-order valence-electron chi connectivity index (χ4n) is 2.33. The predicted octanol–water partition coefficient (Wildman–Crippen LogP) is 3.83. The summed E-state index contributed by atoms with van der Waals surface area (Å²) < 4.78 is 28.9. The molecule has 1 heterocycles. The lowest BCUT2D eigenvalue weighted by atomic mass is 10.1. The van der Waals surface area contributed by atoms with Gasteiger partial charge in [-0.3, -0.25) is 4.79 Å². The third-order valence-corrected chi connectivity index (χ3v) is 6.01. The number of aryl methyl sites for hydroxylation is 1. The number of amides is 1. The van der Waals surface area contributed by atoms with Crippen molar-refractivity contribution in [2.45, 2.75) is 17.0 Å². The predicted molar refractivity (Wildman–Crippen MR) is 108 cm³/mol. The van der Waals surface area contributed by atoms with E-state index in [9.17, 15) is 13.2 Å². The van der Waals surface area contributed by atoms with Crippen LogP contribution in [-0.4, -0.2) is 36.5 Å². The number of nitrogens with one attached hydrogen (secondary N) is 1. The molecule has 2 aromatic carbocycles. The maximum absolute atomic E-state index is 12.2. The largest absolute Gasteiger partial charge is 0.411 e. The van der Waals surface area contributed by atoms with E-state index < -0.39 is 9.84 Å². The third kappa shape index (κ3) is 4.92. The molecule has 0 radical (unpaired) electrons. The normalized spacial score (nSPS) is 11.4. The van der Waals surface area contributed by atoms with E-state index in [0.29, 0.717) is 5.89 Å². The molecule has 0 unspecified atom stereocenters. The summed E-state index contributed by atoms with van der Waals surface area (Å²) in [4.78, 5) is 12.3. The molecule has 1 amide bonds. The summed E-state index contributed by atoms with van der Waals surface area (Å²) in [5.74, 6) is -0.00688. The van der Waals surface area contributed by atoms with Gasteiger partial charge in [-0.1, -0.05) is 41.6 Å². The monoisotopic (exact) mass is 437 g/mol. The van der Waals surface area contributed by atoms with Crippen LogP contribution in [0.3, 0.4) is 0 Å². The number of hydrogen-bond acceptors (Lipinski definition) is 7. The number of rotatable bonds is 6. The summed E-state index contributed by atoms with van der Waals surface area (Å²) in [6.07, 6.45) is 1.08. The highest BCUT2D eigenvalue weighted by Gasteiger charge is 2.15. The fourth-order valence-corrected chi connectivity index (χ4v) is 3.71. The molecule has 1 aromatic heterocycles. The first-order chi connectivity index (χ1) is 13.2. The first-order valence-corrected chi connectivity index (χ1v) is 11.3. The number of carbonyl (C=O) groups is 1. The molecule has 0 aliphatic rings. The summed E-state index contributed by atoms with van der Waals surface area (Å²) >= 11 is 7.11. The van der Waals surface area contributed by atoms with Gasteiger partial charge in [-0.15, -0.1) is 10.2 Å². The zero-order valence-corrected chi connectivity index (χ0v) is 17.4. The average molecular weight is 438 g/mol. The van der Waals surface area contributed by atoms with Gasteiger partial charge >= 0.3 is 0 Å². The maximum atomic E-state index is 12.2. The molecule has 0 aliphatic heterocycles. The van der Waals surface area contributed by atoms with Gasteiger partial charge in [-0.25, -0.2) is 8.42 Å². The quantitative estimate of drug-likeness (QED) is 0.584. The Hall–Kier alpha value is -2.36. The Morgan fingerprint density at radius 3 is 2.68 bits per heavy atom. The van der Waals surface area contributed by atoms with Crippen molar-refractivity contribution in [3.05, 3.63) is 53.1 Å². The van der Waals surface area contributed by atoms with Crippen molar-refractivity contribution in [2.24, 2.45) is 0 Å². The van der Waals surface area contributed by atoms with Crippen LogP contribution in [0.1, 0.15) is 5.56 Å². The smallest absolute Gasteiger partial charge is 0.277 e. The molecule has 0 saturated carbocycles. The Morgan fingerprint density at radius 1 is 1.21 bits per heavy atom. The van der Waals surface area contributed by atoms with Crippen molar-refractivity contribution in [2.75, 3.05) is 17.3 Å². The van der Waals surface area contributed by atoms with Crippen molar-refractivity contribution >= 4 is 44.8 Å². The maximum Gasteiger partial charge on any atom is 0.277 e. The van der Waals surface area contributed by atoms with Crippen molar-refractivity contribution in [1.29, 1.82) is 0 Å². The summed E-state index contributed by atoms with van der Waals surface area (Å²) in [5, 5.41) is 11.0. The topological polar surface area (TPSA) is 102 Å². The molecular formula is C18H16ClN3O4S2. The number of thioether (sulfide) groups is 1. The van der Waals surface area contributed by atoms with E-state index in [1.165, 1.54) is 18.2 Å². The summed E-state index contributed by atoms with van der Waals surface area (Å²) in [5.41, 5.74) is 2.05. The molecule has 1 N–H and O–H groups in total. The molecule has 0 spiro atoms. The van der Waals surface area contributed by atoms with Gasteiger partial charge in [0.25, 0.3) is 5.22 Å². The first-order valence-electron chi connectivity index (χ1n) is 8.06. The Kier molecular flexibility index (Phi) is 6.07. The molecular weight excluding hydrogens is 422 g/mol. The zero-order chi connectivity index (χ0) is 20.3. The molecule has 3 rings (SSSR count). The van der Waals surface area contributed by atoms with Crippen LogP contribution in [0.15, 0.2) is 57.0 Å².